The quantitative estimate of drug-likeness (QED) is 0.795. The summed E-state index contributed by atoms with van der Waals surface area (Å²) in [5, 5.41) is 12.5. The van der Waals surface area contributed by atoms with Crippen LogP contribution < -0.4 is 10.1 Å². The van der Waals surface area contributed by atoms with Gasteiger partial charge in [0.05, 0.1) is 16.1 Å². The molecule has 5 heteroatoms. The summed E-state index contributed by atoms with van der Waals surface area (Å²) < 4.78 is 7.12. The molecule has 0 atom stereocenters. The van der Waals surface area contributed by atoms with Crippen molar-refractivity contribution in [2.24, 2.45) is 5.41 Å². The van der Waals surface area contributed by atoms with E-state index in [4.69, 9.17) is 4.74 Å². The number of ether oxygens (including phenoxy) is 1. The van der Waals surface area contributed by atoms with Crippen molar-refractivity contribution in [2.45, 2.75) is 20.4 Å². The number of hydrogen-bond donors (Lipinski definition) is 2. The molecule has 0 aromatic heterocycles. The number of aliphatic hydroxyl groups is 1. The molecule has 102 valence electrons. The van der Waals surface area contributed by atoms with Crippen LogP contribution in [-0.2, 0) is 6.54 Å². The summed E-state index contributed by atoms with van der Waals surface area (Å²) in [7, 11) is 1.65. The van der Waals surface area contributed by atoms with Gasteiger partial charge in [0.15, 0.2) is 0 Å². The van der Waals surface area contributed by atoms with Crippen molar-refractivity contribution < 1.29 is 9.84 Å². The fourth-order valence-electron chi connectivity index (χ4n) is 1.51. The standard InChI is InChI=1S/C13H19Br2NO2/c1-13(2,8-17)7-16-6-9-4-10(14)12(18-3)11(15)5-9/h4-5,16-17H,6-8H2,1-3H3. The fraction of sp³-hybridized carbons (Fsp3) is 0.538. The Balaban J connectivity index is 2.64. The second kappa shape index (κ2) is 6.89. The minimum atomic E-state index is -0.0963. The molecule has 0 unspecified atom stereocenters. The van der Waals surface area contributed by atoms with Gasteiger partial charge in [0.25, 0.3) is 0 Å². The molecule has 1 aromatic carbocycles. The Morgan fingerprint density at radius 1 is 1.28 bits per heavy atom. The molecule has 0 aliphatic carbocycles. The zero-order valence-electron chi connectivity index (χ0n) is 10.9. The first-order valence-electron chi connectivity index (χ1n) is 5.73. The molecule has 0 radical (unpaired) electrons. The van der Waals surface area contributed by atoms with Gasteiger partial charge in [-0.05, 0) is 49.6 Å². The highest BCUT2D eigenvalue weighted by molar-refractivity contribution is 9.11. The third kappa shape index (κ3) is 4.53. The van der Waals surface area contributed by atoms with Crippen molar-refractivity contribution in [1.29, 1.82) is 0 Å². The first-order chi connectivity index (χ1) is 8.39. The third-order valence-electron chi connectivity index (χ3n) is 2.62. The Kier molecular flexibility index (Phi) is 6.11. The van der Waals surface area contributed by atoms with Crippen LogP contribution in [-0.4, -0.2) is 25.4 Å². The van der Waals surface area contributed by atoms with E-state index in [1.165, 1.54) is 0 Å². The number of methoxy groups -OCH3 is 1. The molecular weight excluding hydrogens is 362 g/mol. The molecule has 0 spiro atoms. The predicted molar refractivity (Wildman–Crippen MR) is 81.0 cm³/mol. The van der Waals surface area contributed by atoms with Crippen LogP contribution in [0.4, 0.5) is 0 Å². The molecule has 1 rings (SSSR count). The average Bonchev–Trinajstić information content (AvgIpc) is 2.28. The molecule has 0 fully saturated rings. The van der Waals surface area contributed by atoms with Crippen LogP contribution in [0.1, 0.15) is 19.4 Å². The van der Waals surface area contributed by atoms with Gasteiger partial charge in [-0.2, -0.15) is 0 Å². The van der Waals surface area contributed by atoms with Gasteiger partial charge in [0, 0.05) is 25.1 Å². The zero-order valence-corrected chi connectivity index (χ0v) is 14.1. The normalized spacial score (nSPS) is 11.7. The molecular formula is C13H19Br2NO2. The van der Waals surface area contributed by atoms with Crippen LogP contribution in [0.25, 0.3) is 0 Å². The van der Waals surface area contributed by atoms with Crippen molar-refractivity contribution >= 4 is 31.9 Å². The van der Waals surface area contributed by atoms with Crippen molar-refractivity contribution in [2.75, 3.05) is 20.3 Å². The molecule has 0 aliphatic heterocycles. The summed E-state index contributed by atoms with van der Waals surface area (Å²) in [4.78, 5) is 0. The lowest BCUT2D eigenvalue weighted by Crippen LogP contribution is -2.31. The first-order valence-corrected chi connectivity index (χ1v) is 7.32. The van der Waals surface area contributed by atoms with Crippen molar-refractivity contribution in [3.8, 4) is 5.75 Å². The first kappa shape index (κ1) is 16.0. The Hall–Kier alpha value is -0.100. The van der Waals surface area contributed by atoms with Gasteiger partial charge in [-0.25, -0.2) is 0 Å². The van der Waals surface area contributed by atoms with Gasteiger partial charge in [-0.3, -0.25) is 0 Å². The smallest absolute Gasteiger partial charge is 0.147 e. The minimum absolute atomic E-state index is 0.0963. The SMILES string of the molecule is COc1c(Br)cc(CNCC(C)(C)CO)cc1Br. The maximum Gasteiger partial charge on any atom is 0.147 e. The second-order valence-corrected chi connectivity index (χ2v) is 6.73. The molecule has 18 heavy (non-hydrogen) atoms. The highest BCUT2D eigenvalue weighted by Gasteiger charge is 2.15. The minimum Gasteiger partial charge on any atom is -0.494 e. The molecule has 3 nitrogen and oxygen atoms in total. The highest BCUT2D eigenvalue weighted by atomic mass is 79.9. The van der Waals surface area contributed by atoms with E-state index < -0.39 is 0 Å². The number of nitrogens with one attached hydrogen (secondary N) is 1. The summed E-state index contributed by atoms with van der Waals surface area (Å²) in [5.41, 5.74) is 1.06. The van der Waals surface area contributed by atoms with Crippen molar-refractivity contribution in [3.63, 3.8) is 0 Å². The topological polar surface area (TPSA) is 41.5 Å². The van der Waals surface area contributed by atoms with Crippen LogP contribution in [0.5, 0.6) is 5.75 Å². The van der Waals surface area contributed by atoms with E-state index in [0.717, 1.165) is 33.3 Å². The second-order valence-electron chi connectivity index (χ2n) is 5.02. The van der Waals surface area contributed by atoms with E-state index >= 15 is 0 Å². The van der Waals surface area contributed by atoms with Gasteiger partial charge >= 0.3 is 0 Å². The summed E-state index contributed by atoms with van der Waals surface area (Å²) in [6.45, 7) is 5.76. The zero-order chi connectivity index (χ0) is 13.8. The van der Waals surface area contributed by atoms with Gasteiger partial charge < -0.3 is 15.2 Å². The van der Waals surface area contributed by atoms with Gasteiger partial charge in [0.2, 0.25) is 0 Å². The van der Waals surface area contributed by atoms with Crippen molar-refractivity contribution in [1.82, 2.24) is 5.32 Å². The van der Waals surface area contributed by atoms with E-state index in [1.54, 1.807) is 7.11 Å². The number of aliphatic hydroxyl groups excluding tert-OH is 1. The molecule has 0 saturated heterocycles. The third-order valence-corrected chi connectivity index (χ3v) is 3.80. The lowest BCUT2D eigenvalue weighted by Gasteiger charge is -2.22. The fourth-order valence-corrected chi connectivity index (χ4v) is 3.12. The predicted octanol–water partition coefficient (Wildman–Crippen LogP) is 3.33. The largest absolute Gasteiger partial charge is 0.494 e. The number of benzene rings is 1. The van der Waals surface area contributed by atoms with E-state index in [-0.39, 0.29) is 12.0 Å². The molecule has 1 aromatic rings. The number of rotatable bonds is 6. The maximum atomic E-state index is 9.18. The molecule has 0 bridgehead atoms. The molecule has 0 heterocycles. The number of hydrogen-bond acceptors (Lipinski definition) is 3. The van der Waals surface area contributed by atoms with Crippen LogP contribution in [0, 0.1) is 5.41 Å². The van der Waals surface area contributed by atoms with Crippen LogP contribution in [0.15, 0.2) is 21.1 Å². The maximum absolute atomic E-state index is 9.18. The van der Waals surface area contributed by atoms with E-state index in [1.807, 2.05) is 26.0 Å². The average molecular weight is 381 g/mol. The lowest BCUT2D eigenvalue weighted by molar-refractivity contribution is 0.156. The van der Waals surface area contributed by atoms with E-state index in [0.29, 0.717) is 0 Å². The number of halogens is 2. The molecule has 0 amide bonds. The Labute approximate surface area is 125 Å². The monoisotopic (exact) mass is 379 g/mol. The van der Waals surface area contributed by atoms with Gasteiger partial charge in [-0.15, -0.1) is 0 Å². The molecule has 0 saturated carbocycles. The highest BCUT2D eigenvalue weighted by Crippen LogP contribution is 2.34. The lowest BCUT2D eigenvalue weighted by atomic mass is 9.95. The van der Waals surface area contributed by atoms with Gasteiger partial charge in [-0.1, -0.05) is 13.8 Å². The Bertz CT molecular complexity index is 385. The Morgan fingerprint density at radius 2 is 1.83 bits per heavy atom. The van der Waals surface area contributed by atoms with E-state index in [9.17, 15) is 5.11 Å². The summed E-state index contributed by atoms with van der Waals surface area (Å²) >= 11 is 6.96. The van der Waals surface area contributed by atoms with Crippen LogP contribution in [0.3, 0.4) is 0 Å². The molecule has 2 N–H and O–H groups in total. The Morgan fingerprint density at radius 3 is 2.28 bits per heavy atom. The van der Waals surface area contributed by atoms with Crippen molar-refractivity contribution in [3.05, 3.63) is 26.6 Å². The van der Waals surface area contributed by atoms with E-state index in [2.05, 4.69) is 37.2 Å². The summed E-state index contributed by atoms with van der Waals surface area (Å²) in [5.74, 6) is 0.800. The van der Waals surface area contributed by atoms with Crippen LogP contribution in [0.2, 0.25) is 0 Å². The summed E-state index contributed by atoms with van der Waals surface area (Å²) in [6, 6.07) is 4.06. The molecule has 0 aliphatic rings. The van der Waals surface area contributed by atoms with Gasteiger partial charge in [0.1, 0.15) is 5.75 Å². The van der Waals surface area contributed by atoms with Crippen LogP contribution >= 0.6 is 31.9 Å². The summed E-state index contributed by atoms with van der Waals surface area (Å²) in [6.07, 6.45) is 0.